The van der Waals surface area contributed by atoms with E-state index >= 15 is 0 Å². The quantitative estimate of drug-likeness (QED) is 0.606. The molecule has 0 saturated heterocycles. The topological polar surface area (TPSA) is 43.1 Å². The van der Waals surface area contributed by atoms with E-state index in [-0.39, 0.29) is 17.4 Å². The average Bonchev–Trinajstić information content (AvgIpc) is 2.03. The Hall–Kier alpha value is -0.900. The maximum atomic E-state index is 10.3. The van der Waals surface area contributed by atoms with Crippen LogP contribution in [0.25, 0.3) is 0 Å². The summed E-state index contributed by atoms with van der Waals surface area (Å²) < 4.78 is 0.935. The molecule has 0 N–H and O–H groups in total. The lowest BCUT2D eigenvalue weighted by Gasteiger charge is -2.08. The molecule has 0 fully saturated rings. The first kappa shape index (κ1) is 10.2. The van der Waals surface area contributed by atoms with E-state index in [9.17, 15) is 10.1 Å². The van der Waals surface area contributed by atoms with Crippen LogP contribution in [0.15, 0.2) is 28.7 Å². The predicted molar refractivity (Wildman–Crippen MR) is 54.4 cm³/mol. The summed E-state index contributed by atoms with van der Waals surface area (Å²) in [5.41, 5.74) is 0.985. The minimum Gasteiger partial charge on any atom is -0.265 e. The molecule has 1 aromatic carbocycles. The molecule has 0 radical (unpaired) electrons. The standard InChI is InChI=1S/C9H10BrNO2/c1-7(6-11(12)13)8-4-2-3-5-9(8)10/h2-5,7H,6H2,1H3/t7-/m1/s1. The molecule has 1 rings (SSSR count). The summed E-state index contributed by atoms with van der Waals surface area (Å²) in [7, 11) is 0. The Morgan fingerprint density at radius 2 is 2.15 bits per heavy atom. The minimum atomic E-state index is -0.288. The van der Waals surface area contributed by atoms with Crippen molar-refractivity contribution >= 4 is 15.9 Å². The van der Waals surface area contributed by atoms with E-state index in [0.717, 1.165) is 10.0 Å². The highest BCUT2D eigenvalue weighted by Gasteiger charge is 2.13. The second-order valence-electron chi connectivity index (χ2n) is 2.94. The van der Waals surface area contributed by atoms with Gasteiger partial charge in [0.05, 0.1) is 0 Å². The van der Waals surface area contributed by atoms with Crippen molar-refractivity contribution in [2.24, 2.45) is 0 Å². The fourth-order valence-electron chi connectivity index (χ4n) is 1.20. The Labute approximate surface area is 85.0 Å². The highest BCUT2D eigenvalue weighted by atomic mass is 79.9. The van der Waals surface area contributed by atoms with Gasteiger partial charge in [-0.1, -0.05) is 41.1 Å². The molecule has 0 bridgehead atoms. The molecular formula is C9H10BrNO2. The zero-order valence-electron chi connectivity index (χ0n) is 7.24. The van der Waals surface area contributed by atoms with Crippen LogP contribution >= 0.6 is 15.9 Å². The van der Waals surface area contributed by atoms with Gasteiger partial charge in [0.2, 0.25) is 6.54 Å². The molecular weight excluding hydrogens is 234 g/mol. The van der Waals surface area contributed by atoms with Crippen LogP contribution in [0.4, 0.5) is 0 Å². The summed E-state index contributed by atoms with van der Waals surface area (Å²) in [6.07, 6.45) is 0. The molecule has 0 heterocycles. The van der Waals surface area contributed by atoms with E-state index in [1.165, 1.54) is 0 Å². The zero-order valence-corrected chi connectivity index (χ0v) is 8.82. The van der Waals surface area contributed by atoms with E-state index in [1.54, 1.807) is 0 Å². The van der Waals surface area contributed by atoms with Gasteiger partial charge in [-0.05, 0) is 11.6 Å². The Bertz CT molecular complexity index is 314. The normalized spacial score (nSPS) is 12.5. The first-order valence-electron chi connectivity index (χ1n) is 3.97. The SMILES string of the molecule is C[C@H](C[N+](=O)[O-])c1ccccc1Br. The molecule has 0 amide bonds. The van der Waals surface area contributed by atoms with Crippen LogP contribution in [-0.4, -0.2) is 11.5 Å². The lowest BCUT2D eigenvalue weighted by Crippen LogP contribution is -2.09. The number of hydrogen-bond donors (Lipinski definition) is 0. The lowest BCUT2D eigenvalue weighted by atomic mass is 10.0. The Morgan fingerprint density at radius 3 is 2.69 bits per heavy atom. The fraction of sp³-hybridized carbons (Fsp3) is 0.333. The first-order valence-corrected chi connectivity index (χ1v) is 4.76. The van der Waals surface area contributed by atoms with Gasteiger partial charge in [0.1, 0.15) is 0 Å². The summed E-state index contributed by atoms with van der Waals surface area (Å²) >= 11 is 3.36. The fourth-order valence-corrected chi connectivity index (χ4v) is 1.87. The summed E-state index contributed by atoms with van der Waals surface area (Å²) in [6, 6.07) is 7.58. The molecule has 4 heteroatoms. The van der Waals surface area contributed by atoms with Crippen LogP contribution in [-0.2, 0) is 0 Å². The maximum Gasteiger partial charge on any atom is 0.210 e. The van der Waals surface area contributed by atoms with Gasteiger partial charge in [-0.25, -0.2) is 0 Å². The number of nitro groups is 1. The second-order valence-corrected chi connectivity index (χ2v) is 3.79. The molecule has 0 unspecified atom stereocenters. The molecule has 0 saturated carbocycles. The van der Waals surface area contributed by atoms with Crippen molar-refractivity contribution in [1.82, 2.24) is 0 Å². The molecule has 0 aliphatic rings. The molecule has 1 atom stereocenters. The van der Waals surface area contributed by atoms with E-state index in [2.05, 4.69) is 15.9 Å². The van der Waals surface area contributed by atoms with Crippen molar-refractivity contribution in [2.45, 2.75) is 12.8 Å². The van der Waals surface area contributed by atoms with Gasteiger partial charge in [-0.15, -0.1) is 0 Å². The van der Waals surface area contributed by atoms with E-state index in [1.807, 2.05) is 31.2 Å². The van der Waals surface area contributed by atoms with Gasteiger partial charge in [0.15, 0.2) is 0 Å². The maximum absolute atomic E-state index is 10.3. The zero-order chi connectivity index (χ0) is 9.84. The summed E-state index contributed by atoms with van der Waals surface area (Å²) in [4.78, 5) is 10.00. The molecule has 0 aliphatic heterocycles. The predicted octanol–water partition coefficient (Wildman–Crippen LogP) is 2.83. The number of halogens is 1. The monoisotopic (exact) mass is 243 g/mol. The molecule has 1 aromatic rings. The van der Waals surface area contributed by atoms with E-state index < -0.39 is 0 Å². The molecule has 0 spiro atoms. The summed E-state index contributed by atoms with van der Waals surface area (Å²) in [5, 5.41) is 10.3. The van der Waals surface area contributed by atoms with Crippen molar-refractivity contribution in [2.75, 3.05) is 6.54 Å². The van der Waals surface area contributed by atoms with Crippen molar-refractivity contribution in [3.05, 3.63) is 44.4 Å². The van der Waals surface area contributed by atoms with Crippen LogP contribution in [0.3, 0.4) is 0 Å². The number of nitrogens with zero attached hydrogens (tertiary/aromatic N) is 1. The van der Waals surface area contributed by atoms with Gasteiger partial charge < -0.3 is 0 Å². The minimum absolute atomic E-state index is 0.0252. The van der Waals surface area contributed by atoms with Gasteiger partial charge in [0, 0.05) is 15.3 Å². The third-order valence-electron chi connectivity index (χ3n) is 1.86. The van der Waals surface area contributed by atoms with Gasteiger partial charge in [-0.3, -0.25) is 10.1 Å². The number of hydrogen-bond acceptors (Lipinski definition) is 2. The average molecular weight is 244 g/mol. The molecule has 0 aliphatic carbocycles. The first-order chi connectivity index (χ1) is 6.11. The van der Waals surface area contributed by atoms with Crippen molar-refractivity contribution < 1.29 is 4.92 Å². The van der Waals surface area contributed by atoms with Gasteiger partial charge in [0.25, 0.3) is 0 Å². The lowest BCUT2D eigenvalue weighted by molar-refractivity contribution is -0.482. The van der Waals surface area contributed by atoms with Crippen molar-refractivity contribution in [3.8, 4) is 0 Å². The number of rotatable bonds is 3. The molecule has 70 valence electrons. The largest absolute Gasteiger partial charge is 0.265 e. The highest BCUT2D eigenvalue weighted by Crippen LogP contribution is 2.24. The summed E-state index contributed by atoms with van der Waals surface area (Å²) in [5.74, 6) is -0.0504. The van der Waals surface area contributed by atoms with Crippen molar-refractivity contribution in [1.29, 1.82) is 0 Å². The third-order valence-corrected chi connectivity index (χ3v) is 2.58. The Kier molecular flexibility index (Phi) is 3.42. The Balaban J connectivity index is 2.82. The van der Waals surface area contributed by atoms with E-state index in [4.69, 9.17) is 0 Å². The van der Waals surface area contributed by atoms with Gasteiger partial charge >= 0.3 is 0 Å². The van der Waals surface area contributed by atoms with Crippen LogP contribution < -0.4 is 0 Å². The molecule has 3 nitrogen and oxygen atoms in total. The molecule has 0 aromatic heterocycles. The Morgan fingerprint density at radius 1 is 1.54 bits per heavy atom. The number of benzene rings is 1. The molecule has 13 heavy (non-hydrogen) atoms. The van der Waals surface area contributed by atoms with Crippen LogP contribution in [0, 0.1) is 10.1 Å². The highest BCUT2D eigenvalue weighted by molar-refractivity contribution is 9.10. The second kappa shape index (κ2) is 4.37. The van der Waals surface area contributed by atoms with Crippen molar-refractivity contribution in [3.63, 3.8) is 0 Å². The summed E-state index contributed by atoms with van der Waals surface area (Å²) in [6.45, 7) is 1.82. The van der Waals surface area contributed by atoms with Gasteiger partial charge in [-0.2, -0.15) is 0 Å². The third kappa shape index (κ3) is 2.81. The van der Waals surface area contributed by atoms with Crippen LogP contribution in [0.5, 0.6) is 0 Å². The van der Waals surface area contributed by atoms with E-state index in [0.29, 0.717) is 0 Å². The smallest absolute Gasteiger partial charge is 0.210 e. The van der Waals surface area contributed by atoms with Crippen LogP contribution in [0.1, 0.15) is 18.4 Å². The van der Waals surface area contributed by atoms with Crippen LogP contribution in [0.2, 0.25) is 0 Å².